The van der Waals surface area contributed by atoms with E-state index in [1.807, 2.05) is 6.07 Å². The van der Waals surface area contributed by atoms with Crippen molar-refractivity contribution < 1.29 is 27.1 Å². The normalized spacial score (nSPS) is 15.4. The van der Waals surface area contributed by atoms with Gasteiger partial charge in [0.15, 0.2) is 0 Å². The van der Waals surface area contributed by atoms with Gasteiger partial charge in [0.1, 0.15) is 17.9 Å². The van der Waals surface area contributed by atoms with Crippen molar-refractivity contribution in [2.75, 3.05) is 38.2 Å². The standard InChI is InChI=1S/C30H34F3N7O3/c1-5-25(21-8-9-34-27(14-21)39-12-10-38(11-13-39)20(2)3)26(31)15-24(18-42-4)40(19-41)17-23-7-6-22(16-35-23)29-36-37-30(43-29)28(32)33/h5-9,14-16,18-20,28H,10-13,17H2,1-4H3/b24-18-,25-5-,26-15+. The maximum Gasteiger partial charge on any atom is 0.314 e. The van der Waals surface area contributed by atoms with E-state index in [1.165, 1.54) is 30.5 Å². The molecule has 1 aliphatic heterocycles. The van der Waals surface area contributed by atoms with Crippen LogP contribution in [0, 0.1) is 0 Å². The zero-order valence-electron chi connectivity index (χ0n) is 24.5. The smallest absolute Gasteiger partial charge is 0.314 e. The van der Waals surface area contributed by atoms with Gasteiger partial charge in [-0.25, -0.2) is 9.37 Å². The fraction of sp³-hybridized carbons (Fsp3) is 0.367. The highest BCUT2D eigenvalue weighted by Crippen LogP contribution is 2.29. The summed E-state index contributed by atoms with van der Waals surface area (Å²) in [4.78, 5) is 26.7. The first-order valence-corrected chi connectivity index (χ1v) is 13.7. The first-order valence-electron chi connectivity index (χ1n) is 13.7. The maximum atomic E-state index is 15.8. The molecule has 3 aromatic rings. The lowest BCUT2D eigenvalue weighted by Crippen LogP contribution is -2.49. The van der Waals surface area contributed by atoms with Gasteiger partial charge < -0.3 is 19.0 Å². The molecule has 3 aromatic heterocycles. The van der Waals surface area contributed by atoms with Crippen molar-refractivity contribution in [1.82, 2.24) is 30.0 Å². The summed E-state index contributed by atoms with van der Waals surface area (Å²) in [7, 11) is 1.39. The largest absolute Gasteiger partial charge is 0.502 e. The van der Waals surface area contributed by atoms with Crippen LogP contribution in [0.15, 0.2) is 71.0 Å². The topological polar surface area (TPSA) is 101 Å². The van der Waals surface area contributed by atoms with E-state index in [1.54, 1.807) is 37.4 Å². The van der Waals surface area contributed by atoms with E-state index in [0.29, 0.717) is 34.8 Å². The summed E-state index contributed by atoms with van der Waals surface area (Å²) in [6.07, 6.45) is 4.81. The van der Waals surface area contributed by atoms with Gasteiger partial charge in [-0.1, -0.05) is 6.08 Å². The molecule has 1 fully saturated rings. The SMILES string of the molecule is C\C=C(/C(F)=C\C(=C\OC)N(C=O)Cc1ccc(-c2nnc(C(F)F)o2)cn1)c1ccnc(N2CCN(C(C)C)CC2)c1. The number of aromatic nitrogens is 4. The Morgan fingerprint density at radius 2 is 1.91 bits per heavy atom. The summed E-state index contributed by atoms with van der Waals surface area (Å²) in [5.74, 6) is -0.700. The third-order valence-electron chi connectivity index (χ3n) is 6.97. The number of halogens is 3. The van der Waals surface area contributed by atoms with E-state index in [-0.39, 0.29) is 18.1 Å². The van der Waals surface area contributed by atoms with E-state index in [9.17, 15) is 13.6 Å². The molecule has 4 rings (SSSR count). The summed E-state index contributed by atoms with van der Waals surface area (Å²) in [5, 5.41) is 6.90. The van der Waals surface area contributed by atoms with Crippen molar-refractivity contribution in [1.29, 1.82) is 0 Å². The van der Waals surface area contributed by atoms with E-state index in [4.69, 9.17) is 9.15 Å². The first kappa shape index (κ1) is 31.4. The first-order chi connectivity index (χ1) is 20.7. The number of amides is 1. The summed E-state index contributed by atoms with van der Waals surface area (Å²) >= 11 is 0. The number of hydrogen-bond acceptors (Lipinski definition) is 9. The lowest BCUT2D eigenvalue weighted by atomic mass is 10.0. The van der Waals surface area contributed by atoms with Gasteiger partial charge in [0.25, 0.3) is 5.89 Å². The minimum absolute atomic E-state index is 0.0260. The van der Waals surface area contributed by atoms with Crippen LogP contribution in [0.4, 0.5) is 19.0 Å². The van der Waals surface area contributed by atoms with E-state index >= 15 is 4.39 Å². The summed E-state index contributed by atoms with van der Waals surface area (Å²) in [6, 6.07) is 7.20. The zero-order chi connectivity index (χ0) is 30.9. The second-order valence-corrected chi connectivity index (χ2v) is 10.0. The third-order valence-corrected chi connectivity index (χ3v) is 6.97. The van der Waals surface area contributed by atoms with E-state index in [2.05, 4.69) is 43.8 Å². The maximum absolute atomic E-state index is 15.8. The molecule has 1 saturated heterocycles. The number of ether oxygens (including phenoxy) is 1. The zero-order valence-corrected chi connectivity index (χ0v) is 24.5. The molecule has 0 unspecified atom stereocenters. The molecule has 228 valence electrons. The predicted octanol–water partition coefficient (Wildman–Crippen LogP) is 5.40. The van der Waals surface area contributed by atoms with Gasteiger partial charge in [0.05, 0.1) is 30.6 Å². The van der Waals surface area contributed by atoms with Gasteiger partial charge in [-0.2, -0.15) is 8.78 Å². The van der Waals surface area contributed by atoms with Crippen LogP contribution in [0.3, 0.4) is 0 Å². The number of hydrogen-bond donors (Lipinski definition) is 0. The van der Waals surface area contributed by atoms with Crippen LogP contribution >= 0.6 is 0 Å². The molecule has 43 heavy (non-hydrogen) atoms. The fourth-order valence-electron chi connectivity index (χ4n) is 4.63. The molecular formula is C30H34F3N7O3. The number of anilines is 1. The van der Waals surface area contributed by atoms with Gasteiger partial charge in [0, 0.05) is 56.3 Å². The Labute approximate surface area is 248 Å². The molecule has 0 N–H and O–H groups in total. The van der Waals surface area contributed by atoms with E-state index < -0.39 is 18.1 Å². The van der Waals surface area contributed by atoms with E-state index in [0.717, 1.165) is 32.0 Å². The van der Waals surface area contributed by atoms with Gasteiger partial charge in [-0.15, -0.1) is 10.2 Å². The van der Waals surface area contributed by atoms with Crippen molar-refractivity contribution in [3.63, 3.8) is 0 Å². The average Bonchev–Trinajstić information content (AvgIpc) is 3.52. The Morgan fingerprint density at radius 1 is 1.14 bits per heavy atom. The van der Waals surface area contributed by atoms with Crippen LogP contribution in [0.5, 0.6) is 0 Å². The number of rotatable bonds is 12. The molecule has 0 radical (unpaired) electrons. The second kappa shape index (κ2) is 14.6. The molecule has 0 spiro atoms. The summed E-state index contributed by atoms with van der Waals surface area (Å²) < 4.78 is 51.4. The molecule has 0 saturated carbocycles. The number of carbonyl (C=O) groups excluding carboxylic acids is 1. The van der Waals surface area contributed by atoms with Gasteiger partial charge in [0.2, 0.25) is 12.3 Å². The van der Waals surface area contributed by atoms with Gasteiger partial charge in [-0.05, 0) is 50.6 Å². The number of methoxy groups -OCH3 is 1. The van der Waals surface area contributed by atoms with Crippen LogP contribution in [-0.4, -0.2) is 75.7 Å². The lowest BCUT2D eigenvalue weighted by molar-refractivity contribution is -0.116. The van der Waals surface area contributed by atoms with Crippen LogP contribution in [0.2, 0.25) is 0 Å². The van der Waals surface area contributed by atoms with Crippen molar-refractivity contribution in [2.45, 2.75) is 39.8 Å². The number of carbonyl (C=O) groups is 1. The highest BCUT2D eigenvalue weighted by molar-refractivity contribution is 5.78. The van der Waals surface area contributed by atoms with Crippen LogP contribution in [0.1, 0.15) is 44.3 Å². The molecule has 0 atom stereocenters. The minimum Gasteiger partial charge on any atom is -0.502 e. The summed E-state index contributed by atoms with van der Waals surface area (Å²) in [6.45, 7) is 9.58. The molecular weight excluding hydrogens is 563 g/mol. The highest BCUT2D eigenvalue weighted by atomic mass is 19.3. The highest BCUT2D eigenvalue weighted by Gasteiger charge is 2.21. The average molecular weight is 598 g/mol. The van der Waals surface area contributed by atoms with Gasteiger partial charge >= 0.3 is 6.43 Å². The minimum atomic E-state index is -2.89. The van der Waals surface area contributed by atoms with Crippen molar-refractivity contribution in [2.24, 2.45) is 0 Å². The quantitative estimate of drug-likeness (QED) is 0.154. The predicted molar refractivity (Wildman–Crippen MR) is 155 cm³/mol. The number of pyridine rings is 2. The monoisotopic (exact) mass is 597 g/mol. The molecule has 10 nitrogen and oxygen atoms in total. The second-order valence-electron chi connectivity index (χ2n) is 10.0. The fourth-order valence-corrected chi connectivity index (χ4v) is 4.63. The number of piperazine rings is 1. The Kier molecular flexibility index (Phi) is 10.7. The molecule has 0 aromatic carbocycles. The Hall–Kier alpha value is -4.52. The van der Waals surface area contributed by atoms with Crippen molar-refractivity contribution in [3.8, 4) is 11.5 Å². The molecule has 0 bridgehead atoms. The molecule has 1 aliphatic rings. The molecule has 13 heteroatoms. The summed E-state index contributed by atoms with van der Waals surface area (Å²) in [5.41, 5.74) is 1.90. The van der Waals surface area contributed by atoms with Crippen molar-refractivity contribution >= 4 is 17.8 Å². The molecule has 0 aliphatic carbocycles. The Balaban J connectivity index is 1.50. The number of nitrogens with zero attached hydrogens (tertiary/aromatic N) is 7. The number of allylic oxidation sites excluding steroid dienone is 4. The van der Waals surface area contributed by atoms with Crippen LogP contribution in [-0.2, 0) is 16.1 Å². The van der Waals surface area contributed by atoms with Crippen LogP contribution in [0.25, 0.3) is 17.0 Å². The molecule has 1 amide bonds. The van der Waals surface area contributed by atoms with Gasteiger partial charge in [-0.3, -0.25) is 14.7 Å². The Morgan fingerprint density at radius 3 is 2.49 bits per heavy atom. The Bertz CT molecular complexity index is 1460. The number of alkyl halides is 2. The third kappa shape index (κ3) is 7.86. The van der Waals surface area contributed by atoms with Crippen molar-refractivity contribution in [3.05, 3.63) is 83.7 Å². The lowest BCUT2D eigenvalue weighted by Gasteiger charge is -2.37. The molecule has 4 heterocycles. The van der Waals surface area contributed by atoms with Crippen LogP contribution < -0.4 is 4.90 Å².